The van der Waals surface area contributed by atoms with E-state index in [1.54, 1.807) is 0 Å². The van der Waals surface area contributed by atoms with Crippen LogP contribution in [-0.2, 0) is 14.2 Å². The third-order valence-electron chi connectivity index (χ3n) is 3.25. The Morgan fingerprint density at radius 3 is 0.946 bits per heavy atom. The summed E-state index contributed by atoms with van der Waals surface area (Å²) in [7, 11) is 0. The van der Waals surface area contributed by atoms with Gasteiger partial charge in [0.2, 0.25) is 0 Å². The second-order valence-electron chi connectivity index (χ2n) is 5.99. The Morgan fingerprint density at radius 1 is 0.378 bits per heavy atom. The second kappa shape index (κ2) is 9.18. The highest BCUT2D eigenvalue weighted by molar-refractivity contribution is 4.96. The number of hydrogen-bond donors (Lipinski definition) is 0. The van der Waals surface area contributed by atoms with Gasteiger partial charge >= 0.3 is 60.7 Å². The molecule has 0 radical (unpaired) electrons. The van der Waals surface area contributed by atoms with Gasteiger partial charge in [-0.25, -0.2) is 4.39 Å². The Kier molecular flexibility index (Phi) is 8.75. The molecule has 0 N–H and O–H groups in total. The summed E-state index contributed by atoms with van der Waals surface area (Å²) in [5, 5.41) is 0. The van der Waals surface area contributed by atoms with Gasteiger partial charge in [0.25, 0.3) is 6.36 Å². The average Bonchev–Trinajstić information content (AvgIpc) is 2.56. The van der Waals surface area contributed by atoms with E-state index in [0.29, 0.717) is 0 Å². The van der Waals surface area contributed by atoms with E-state index in [0.717, 1.165) is 9.47 Å². The molecule has 0 aromatic heterocycles. The summed E-state index contributed by atoms with van der Waals surface area (Å²) >= 11 is 0. The van der Waals surface area contributed by atoms with Gasteiger partial charge in [0.05, 0.1) is 0 Å². The summed E-state index contributed by atoms with van der Waals surface area (Å²) in [5.41, 5.74) is 0. The van der Waals surface area contributed by atoms with E-state index in [4.69, 9.17) is 0 Å². The Hall–Kier alpha value is -1.73. The molecule has 0 amide bonds. The molecule has 0 aromatic carbocycles. The van der Waals surface area contributed by atoms with Crippen molar-refractivity contribution in [3.8, 4) is 0 Å². The lowest BCUT2D eigenvalue weighted by Gasteiger charge is -2.41. The van der Waals surface area contributed by atoms with Crippen molar-refractivity contribution in [3.05, 3.63) is 0 Å². The summed E-state index contributed by atoms with van der Waals surface area (Å²) < 4.78 is 295. The number of hydrogen-bond acceptors (Lipinski definition) is 3. The molecule has 0 fully saturated rings. The van der Waals surface area contributed by atoms with Crippen LogP contribution >= 0.6 is 0 Å². The molecule has 0 rings (SSSR count). The fraction of sp³-hybridized carbons (Fsp3) is 1.00. The molecule has 224 valence electrons. The Balaban J connectivity index is 6.96. The maximum absolute atomic E-state index is 13.8. The van der Waals surface area contributed by atoms with Gasteiger partial charge in [-0.1, -0.05) is 0 Å². The second-order valence-corrected chi connectivity index (χ2v) is 5.99. The Labute approximate surface area is 184 Å². The highest BCUT2D eigenvalue weighted by atomic mass is 19.4. The van der Waals surface area contributed by atoms with Crippen molar-refractivity contribution in [2.75, 3.05) is 0 Å². The fourth-order valence-corrected chi connectivity index (χ4v) is 1.49. The summed E-state index contributed by atoms with van der Waals surface area (Å²) in [6.45, 7) is 0. The molecule has 3 atom stereocenters. The van der Waals surface area contributed by atoms with Gasteiger partial charge < -0.3 is 0 Å². The molecule has 0 bridgehead atoms. The minimum Gasteiger partial charge on any atom is -0.272 e. The number of rotatable bonds is 9. The van der Waals surface area contributed by atoms with Gasteiger partial charge in [-0.15, -0.1) is 0 Å². The van der Waals surface area contributed by atoms with Gasteiger partial charge in [0, 0.05) is 0 Å². The zero-order chi connectivity index (χ0) is 30.7. The Bertz CT molecular complexity index is 790. The van der Waals surface area contributed by atoms with Crippen molar-refractivity contribution in [2.45, 2.75) is 67.0 Å². The molecular weight excluding hydrogens is 617 g/mol. The zero-order valence-corrected chi connectivity index (χ0v) is 15.5. The molecule has 37 heavy (non-hydrogen) atoms. The predicted octanol–water partition coefficient (Wildman–Crippen LogP) is 7.33. The molecule has 0 aliphatic rings. The third kappa shape index (κ3) is 6.30. The predicted molar refractivity (Wildman–Crippen MR) is 59.8 cm³/mol. The summed E-state index contributed by atoms with van der Waals surface area (Å²) in [5.74, 6) is -25.1. The highest BCUT2D eigenvalue weighted by Gasteiger charge is 2.87. The van der Waals surface area contributed by atoms with E-state index >= 15 is 0 Å². The smallest absolute Gasteiger partial charge is 0.272 e. The topological polar surface area (TPSA) is 27.7 Å². The first-order valence-corrected chi connectivity index (χ1v) is 7.42. The van der Waals surface area contributed by atoms with Gasteiger partial charge in [0.15, 0.2) is 0 Å². The van der Waals surface area contributed by atoms with Crippen molar-refractivity contribution in [3.63, 3.8) is 0 Å². The third-order valence-corrected chi connectivity index (χ3v) is 3.25. The van der Waals surface area contributed by atoms with Crippen molar-refractivity contribution in [1.29, 1.82) is 0 Å². The normalized spacial score (nSPS) is 19.9. The van der Waals surface area contributed by atoms with E-state index in [2.05, 4.69) is 0 Å². The van der Waals surface area contributed by atoms with Crippen molar-refractivity contribution >= 4 is 0 Å². The molecule has 0 aliphatic carbocycles. The van der Waals surface area contributed by atoms with Crippen LogP contribution in [0.4, 0.5) is 101 Å². The fourth-order valence-electron chi connectivity index (χ4n) is 1.49. The van der Waals surface area contributed by atoms with Gasteiger partial charge in [0.1, 0.15) is 0 Å². The first-order valence-electron chi connectivity index (χ1n) is 7.42. The first kappa shape index (κ1) is 35.3. The summed E-state index contributed by atoms with van der Waals surface area (Å²) in [6, 6.07) is 0. The Morgan fingerprint density at radius 2 is 0.676 bits per heavy atom. The molecule has 0 spiro atoms. The molecule has 0 aromatic rings. The van der Waals surface area contributed by atoms with Crippen LogP contribution in [-0.4, -0.2) is 67.0 Å². The van der Waals surface area contributed by atoms with E-state index in [1.165, 1.54) is 4.74 Å². The van der Waals surface area contributed by atoms with Crippen LogP contribution in [0, 0.1) is 0 Å². The van der Waals surface area contributed by atoms with Crippen molar-refractivity contribution in [2.24, 2.45) is 0 Å². The number of halogens is 23. The standard InChI is InChI=1S/C11HF23O3/c12-1(2(13,14)15)35-10(31,32)4(18,7(23,24)25)37-11(33,34)5(19,8(26,27)28)36-9(29,30)3(16,17)6(20,21)22/h1H. The van der Waals surface area contributed by atoms with E-state index in [-0.39, 0.29) is 0 Å². The maximum Gasteiger partial charge on any atom is 0.462 e. The minimum absolute atomic E-state index is 1.01. The molecule has 3 nitrogen and oxygen atoms in total. The van der Waals surface area contributed by atoms with Gasteiger partial charge in [-0.2, -0.15) is 96.6 Å². The van der Waals surface area contributed by atoms with Crippen LogP contribution in [0.1, 0.15) is 0 Å². The maximum atomic E-state index is 13.8. The minimum atomic E-state index is -8.60. The SMILES string of the molecule is FC(OC(F)(F)C(F)(OC(F)(F)C(F)(OC(F)(F)C(F)(F)C(F)(F)F)C(F)(F)F)C(F)(F)F)C(F)(F)F. The monoisotopic (exact) mass is 618 g/mol. The lowest BCUT2D eigenvalue weighted by molar-refractivity contribution is -0.575. The molecule has 0 saturated carbocycles. The molecular formula is C11HF23O3. The van der Waals surface area contributed by atoms with Crippen molar-refractivity contribution < 1.29 is 115 Å². The average molecular weight is 618 g/mol. The molecule has 0 aliphatic heterocycles. The quantitative estimate of drug-likeness (QED) is 0.254. The van der Waals surface area contributed by atoms with Crippen LogP contribution in [0.5, 0.6) is 0 Å². The van der Waals surface area contributed by atoms with Gasteiger partial charge in [-0.05, 0) is 0 Å². The zero-order valence-electron chi connectivity index (χ0n) is 15.5. The largest absolute Gasteiger partial charge is 0.462 e. The highest BCUT2D eigenvalue weighted by Crippen LogP contribution is 2.58. The summed E-state index contributed by atoms with van der Waals surface area (Å²) in [6.07, 6.45) is -61.9. The molecule has 3 unspecified atom stereocenters. The number of alkyl halides is 23. The van der Waals surface area contributed by atoms with Crippen LogP contribution in [0.2, 0.25) is 0 Å². The van der Waals surface area contributed by atoms with Gasteiger partial charge in [-0.3, -0.25) is 14.2 Å². The number of ether oxygens (including phenoxy) is 3. The van der Waals surface area contributed by atoms with Crippen LogP contribution in [0.15, 0.2) is 0 Å². The van der Waals surface area contributed by atoms with Crippen molar-refractivity contribution in [1.82, 2.24) is 0 Å². The van der Waals surface area contributed by atoms with Crippen LogP contribution < -0.4 is 0 Å². The van der Waals surface area contributed by atoms with Crippen LogP contribution in [0.25, 0.3) is 0 Å². The van der Waals surface area contributed by atoms with E-state index in [1.807, 2.05) is 0 Å². The lowest BCUT2D eigenvalue weighted by Crippen LogP contribution is -2.70. The van der Waals surface area contributed by atoms with E-state index in [9.17, 15) is 101 Å². The first-order chi connectivity index (χ1) is 15.5. The summed E-state index contributed by atoms with van der Waals surface area (Å²) in [4.78, 5) is 0. The lowest BCUT2D eigenvalue weighted by atomic mass is 10.2. The molecule has 26 heteroatoms. The molecule has 0 heterocycles. The van der Waals surface area contributed by atoms with Crippen LogP contribution in [0.3, 0.4) is 0 Å². The van der Waals surface area contributed by atoms with E-state index < -0.39 is 67.0 Å². The molecule has 0 saturated heterocycles.